The Morgan fingerprint density at radius 1 is 0.800 bits per heavy atom. The zero-order valence-corrected chi connectivity index (χ0v) is 16.6. The van der Waals surface area contributed by atoms with Gasteiger partial charge in [0.05, 0.1) is 23.8 Å². The summed E-state index contributed by atoms with van der Waals surface area (Å²) >= 11 is 0. The Labute approximate surface area is 171 Å². The number of aromatic nitrogens is 2. The molecule has 0 unspecified atom stereocenters. The molecule has 3 aromatic carbocycles. The number of benzene rings is 3. The van der Waals surface area contributed by atoms with Gasteiger partial charge in [0.25, 0.3) is 0 Å². The zero-order valence-electron chi connectivity index (χ0n) is 16.6. The lowest BCUT2D eigenvalue weighted by molar-refractivity contribution is 0.423. The van der Waals surface area contributed by atoms with E-state index in [-0.39, 0.29) is 11.6 Å². The number of methoxy groups -OCH3 is 1. The van der Waals surface area contributed by atoms with E-state index in [0.29, 0.717) is 5.75 Å². The molecule has 4 nitrogen and oxygen atoms in total. The number of rotatable bonds is 2. The van der Waals surface area contributed by atoms with E-state index in [0.717, 1.165) is 75.2 Å². The first-order chi connectivity index (χ1) is 14.7. The largest absolute Gasteiger partial charge is 0.492 e. The number of nitrogens with zero attached hydrogens (tertiary/aromatic N) is 1. The molecular formula is C24H21F2N3O. The summed E-state index contributed by atoms with van der Waals surface area (Å²) < 4.78 is 34.3. The highest BCUT2D eigenvalue weighted by Gasteiger charge is 2.26. The molecule has 0 spiro atoms. The number of piperidine rings is 1. The van der Waals surface area contributed by atoms with Gasteiger partial charge in [0.2, 0.25) is 0 Å². The average molecular weight is 405 g/mol. The summed E-state index contributed by atoms with van der Waals surface area (Å²) in [4.78, 5) is 9.24. The second-order valence-corrected chi connectivity index (χ2v) is 8.06. The maximum absolute atomic E-state index is 14.2. The molecule has 2 N–H and O–H groups in total. The van der Waals surface area contributed by atoms with Crippen LogP contribution >= 0.6 is 0 Å². The van der Waals surface area contributed by atoms with Gasteiger partial charge in [-0.1, -0.05) is 0 Å². The second-order valence-electron chi connectivity index (χ2n) is 8.06. The normalized spacial score (nSPS) is 15.1. The molecule has 0 atom stereocenters. The molecule has 0 saturated carbocycles. The van der Waals surface area contributed by atoms with Crippen molar-refractivity contribution in [2.75, 3.05) is 25.1 Å². The molecule has 2 aromatic heterocycles. The van der Waals surface area contributed by atoms with Crippen LogP contribution in [0.3, 0.4) is 0 Å². The first kappa shape index (κ1) is 17.6. The average Bonchev–Trinajstić information content (AvgIpc) is 3.31. The van der Waals surface area contributed by atoms with Crippen LogP contribution in [0.15, 0.2) is 36.4 Å². The van der Waals surface area contributed by atoms with Gasteiger partial charge in [0.15, 0.2) is 5.75 Å². The number of aromatic amines is 2. The van der Waals surface area contributed by atoms with Gasteiger partial charge in [-0.15, -0.1) is 0 Å². The predicted octanol–water partition coefficient (Wildman–Crippen LogP) is 6.23. The molecule has 5 aromatic rings. The minimum absolute atomic E-state index is 0.281. The predicted molar refractivity (Wildman–Crippen MR) is 118 cm³/mol. The molecule has 1 fully saturated rings. The summed E-state index contributed by atoms with van der Waals surface area (Å²) in [5.74, 6) is 0.100. The standard InChI is InChI=1S/C24H21F2N3O/c1-30-24-21-19(15-11-13(25)5-7-17(15)27-21)23(29-9-3-2-4-10-29)20-16-12-14(26)6-8-18(16)28-22(20)24/h5-8,11-12,27-28H,2-4,9-10H2,1H3. The van der Waals surface area contributed by atoms with Crippen molar-refractivity contribution in [1.82, 2.24) is 9.97 Å². The molecule has 6 heteroatoms. The summed E-state index contributed by atoms with van der Waals surface area (Å²) in [6.45, 7) is 1.83. The van der Waals surface area contributed by atoms with Crippen molar-refractivity contribution in [2.24, 2.45) is 0 Å². The topological polar surface area (TPSA) is 44.0 Å². The quantitative estimate of drug-likeness (QED) is 0.365. The van der Waals surface area contributed by atoms with Crippen LogP contribution in [-0.2, 0) is 0 Å². The number of fused-ring (bicyclic) bond motifs is 6. The Hall–Kier alpha value is -3.28. The van der Waals surface area contributed by atoms with Crippen molar-refractivity contribution in [2.45, 2.75) is 19.3 Å². The number of hydrogen-bond donors (Lipinski definition) is 2. The van der Waals surface area contributed by atoms with Gasteiger partial charge in [-0.25, -0.2) is 8.78 Å². The van der Waals surface area contributed by atoms with E-state index in [1.807, 2.05) is 0 Å². The third-order valence-electron chi connectivity index (χ3n) is 6.33. The number of anilines is 1. The van der Waals surface area contributed by atoms with E-state index < -0.39 is 0 Å². The van der Waals surface area contributed by atoms with Crippen LogP contribution < -0.4 is 9.64 Å². The van der Waals surface area contributed by atoms with Crippen molar-refractivity contribution in [3.63, 3.8) is 0 Å². The van der Waals surface area contributed by atoms with Gasteiger partial charge in [-0.05, 0) is 55.7 Å². The zero-order chi connectivity index (χ0) is 20.4. The molecule has 0 bridgehead atoms. The Kier molecular flexibility index (Phi) is 3.72. The fourth-order valence-corrected chi connectivity index (χ4v) is 5.05. The highest BCUT2D eigenvalue weighted by Crippen LogP contribution is 2.48. The summed E-state index contributed by atoms with van der Waals surface area (Å²) in [5, 5.41) is 3.50. The molecule has 152 valence electrons. The molecule has 0 aliphatic carbocycles. The summed E-state index contributed by atoms with van der Waals surface area (Å²) in [5.41, 5.74) is 4.39. The van der Waals surface area contributed by atoms with E-state index in [1.165, 1.54) is 18.6 Å². The summed E-state index contributed by atoms with van der Waals surface area (Å²) in [6.07, 6.45) is 3.40. The molecule has 0 amide bonds. The van der Waals surface area contributed by atoms with Crippen LogP contribution in [0, 0.1) is 11.6 Å². The van der Waals surface area contributed by atoms with Crippen LogP contribution in [0.1, 0.15) is 19.3 Å². The SMILES string of the molecule is COc1c2[nH]c3ccc(F)cc3c2c(N2CCCCC2)c2c1[nH]c1ccc(F)cc12. The fourth-order valence-electron chi connectivity index (χ4n) is 5.05. The Morgan fingerprint density at radius 2 is 1.33 bits per heavy atom. The number of halogens is 2. The van der Waals surface area contributed by atoms with Crippen molar-refractivity contribution >= 4 is 49.3 Å². The summed E-state index contributed by atoms with van der Waals surface area (Å²) in [6, 6.07) is 9.58. The van der Waals surface area contributed by atoms with Gasteiger partial charge in [0.1, 0.15) is 11.6 Å². The lowest BCUT2D eigenvalue weighted by Crippen LogP contribution is -2.29. The smallest absolute Gasteiger partial charge is 0.167 e. The maximum Gasteiger partial charge on any atom is 0.167 e. The highest BCUT2D eigenvalue weighted by molar-refractivity contribution is 6.29. The molecule has 30 heavy (non-hydrogen) atoms. The minimum Gasteiger partial charge on any atom is -0.492 e. The van der Waals surface area contributed by atoms with Crippen LogP contribution in [0.2, 0.25) is 0 Å². The number of H-pyrrole nitrogens is 2. The third kappa shape index (κ3) is 2.36. The molecule has 6 rings (SSSR count). The van der Waals surface area contributed by atoms with Crippen molar-refractivity contribution in [3.8, 4) is 5.75 Å². The van der Waals surface area contributed by atoms with E-state index in [4.69, 9.17) is 4.74 Å². The van der Waals surface area contributed by atoms with Crippen LogP contribution in [0.4, 0.5) is 14.5 Å². The number of ether oxygens (including phenoxy) is 1. The van der Waals surface area contributed by atoms with Gasteiger partial charge in [0, 0.05) is 45.7 Å². The number of hydrogen-bond acceptors (Lipinski definition) is 2. The Bertz CT molecular complexity index is 1350. The lowest BCUT2D eigenvalue weighted by Gasteiger charge is -2.30. The molecule has 1 aliphatic rings. The molecule has 1 saturated heterocycles. The van der Waals surface area contributed by atoms with Gasteiger partial charge in [-0.3, -0.25) is 0 Å². The van der Waals surface area contributed by atoms with E-state index in [2.05, 4.69) is 14.9 Å². The van der Waals surface area contributed by atoms with Crippen molar-refractivity contribution < 1.29 is 13.5 Å². The fraction of sp³-hybridized carbons (Fsp3) is 0.250. The van der Waals surface area contributed by atoms with E-state index >= 15 is 0 Å². The van der Waals surface area contributed by atoms with Gasteiger partial charge in [-0.2, -0.15) is 0 Å². The maximum atomic E-state index is 14.2. The van der Waals surface area contributed by atoms with Crippen molar-refractivity contribution in [3.05, 3.63) is 48.0 Å². The van der Waals surface area contributed by atoms with Crippen LogP contribution in [0.5, 0.6) is 5.75 Å². The molecule has 1 aliphatic heterocycles. The summed E-state index contributed by atoms with van der Waals surface area (Å²) in [7, 11) is 1.63. The number of nitrogens with one attached hydrogen (secondary N) is 2. The first-order valence-electron chi connectivity index (χ1n) is 10.3. The van der Waals surface area contributed by atoms with Gasteiger partial charge < -0.3 is 19.6 Å². The lowest BCUT2D eigenvalue weighted by atomic mass is 10.0. The Morgan fingerprint density at radius 3 is 1.83 bits per heavy atom. The monoisotopic (exact) mass is 405 g/mol. The van der Waals surface area contributed by atoms with E-state index in [9.17, 15) is 8.78 Å². The second kappa shape index (κ2) is 6.36. The van der Waals surface area contributed by atoms with Crippen LogP contribution in [0.25, 0.3) is 43.6 Å². The minimum atomic E-state index is -0.281. The third-order valence-corrected chi connectivity index (χ3v) is 6.33. The molecular weight excluding hydrogens is 384 g/mol. The highest BCUT2D eigenvalue weighted by atomic mass is 19.1. The first-order valence-corrected chi connectivity index (χ1v) is 10.3. The molecule has 3 heterocycles. The van der Waals surface area contributed by atoms with Crippen molar-refractivity contribution in [1.29, 1.82) is 0 Å². The Balaban J connectivity index is 1.89. The van der Waals surface area contributed by atoms with Crippen LogP contribution in [-0.4, -0.2) is 30.2 Å². The van der Waals surface area contributed by atoms with E-state index in [1.54, 1.807) is 31.4 Å². The molecule has 0 radical (unpaired) electrons. The van der Waals surface area contributed by atoms with Gasteiger partial charge >= 0.3 is 0 Å².